The van der Waals surface area contributed by atoms with Crippen LogP contribution < -0.4 is 11.1 Å². The molecule has 5 nitrogen and oxygen atoms in total. The lowest BCUT2D eigenvalue weighted by molar-refractivity contribution is -0.114. The van der Waals surface area contributed by atoms with Gasteiger partial charge in [0.1, 0.15) is 5.65 Å². The van der Waals surface area contributed by atoms with Crippen molar-refractivity contribution in [3.05, 3.63) is 54.4 Å². The number of hydrogen-bond acceptors (Lipinski definition) is 3. The summed E-state index contributed by atoms with van der Waals surface area (Å²) in [5.74, 6) is -0.208. The summed E-state index contributed by atoms with van der Waals surface area (Å²) in [5.41, 5.74) is 10.1. The number of nitrogens with zero attached hydrogens (tertiary/aromatic N) is 2. The quantitative estimate of drug-likeness (QED) is 0.776. The Labute approximate surface area is 128 Å². The molecular weight excluding hydrogens is 276 g/mol. The highest BCUT2D eigenvalue weighted by atomic mass is 16.1. The van der Waals surface area contributed by atoms with Crippen molar-refractivity contribution < 1.29 is 4.79 Å². The smallest absolute Gasteiger partial charge is 0.238 e. The van der Waals surface area contributed by atoms with E-state index in [1.54, 1.807) is 0 Å². The topological polar surface area (TPSA) is 72.4 Å². The number of nitrogens with two attached hydrogens (primary N) is 1. The average molecular weight is 294 g/mol. The van der Waals surface area contributed by atoms with Crippen LogP contribution in [0.15, 0.2) is 48.7 Å². The van der Waals surface area contributed by atoms with Gasteiger partial charge in [-0.25, -0.2) is 4.98 Å². The van der Waals surface area contributed by atoms with Crippen LogP contribution >= 0.6 is 0 Å². The third-order valence-electron chi connectivity index (χ3n) is 3.57. The number of carbonyl (C=O) groups is 1. The van der Waals surface area contributed by atoms with Crippen LogP contribution in [-0.4, -0.2) is 21.8 Å². The Bertz CT molecular complexity index is 808. The zero-order chi connectivity index (χ0) is 15.5. The minimum absolute atomic E-state index is 0.0299. The molecule has 3 rings (SSSR count). The zero-order valence-corrected chi connectivity index (χ0v) is 12.4. The first-order valence-electron chi connectivity index (χ1n) is 7.29. The first kappa shape index (κ1) is 14.3. The van der Waals surface area contributed by atoms with Crippen LogP contribution in [-0.2, 0) is 11.2 Å². The van der Waals surface area contributed by atoms with E-state index in [0.717, 1.165) is 34.7 Å². The molecule has 0 aliphatic rings. The van der Waals surface area contributed by atoms with Gasteiger partial charge in [-0.3, -0.25) is 4.79 Å². The molecule has 0 saturated heterocycles. The lowest BCUT2D eigenvalue weighted by atomic mass is 10.1. The van der Waals surface area contributed by atoms with Gasteiger partial charge < -0.3 is 15.5 Å². The standard InChI is InChI=1S/C17H18N4O/c1-2-14-17(12-6-4-3-5-7-12)20-15-9-8-13(11-21(14)15)19-16(22)10-18/h3-9,11H,2,10,18H2,1H3,(H,19,22). The third kappa shape index (κ3) is 2.58. The number of benzene rings is 1. The maximum Gasteiger partial charge on any atom is 0.238 e. The first-order valence-corrected chi connectivity index (χ1v) is 7.29. The fourth-order valence-corrected chi connectivity index (χ4v) is 2.54. The fourth-order valence-electron chi connectivity index (χ4n) is 2.54. The molecule has 0 atom stereocenters. The minimum Gasteiger partial charge on any atom is -0.324 e. The lowest BCUT2D eigenvalue weighted by Gasteiger charge is -2.06. The van der Waals surface area contributed by atoms with E-state index < -0.39 is 0 Å². The number of aryl methyl sites for hydroxylation is 1. The van der Waals surface area contributed by atoms with Gasteiger partial charge in [-0.05, 0) is 18.6 Å². The van der Waals surface area contributed by atoms with Crippen molar-refractivity contribution in [1.29, 1.82) is 0 Å². The van der Waals surface area contributed by atoms with E-state index >= 15 is 0 Å². The van der Waals surface area contributed by atoms with E-state index in [0.29, 0.717) is 0 Å². The van der Waals surface area contributed by atoms with Gasteiger partial charge in [-0.1, -0.05) is 37.3 Å². The molecule has 112 valence electrons. The largest absolute Gasteiger partial charge is 0.324 e. The highest BCUT2D eigenvalue weighted by Gasteiger charge is 2.13. The number of nitrogens with one attached hydrogen (secondary N) is 1. The van der Waals surface area contributed by atoms with Crippen LogP contribution in [0, 0.1) is 0 Å². The summed E-state index contributed by atoms with van der Waals surface area (Å²) in [5, 5.41) is 2.77. The Morgan fingerprint density at radius 2 is 2.00 bits per heavy atom. The number of hydrogen-bond donors (Lipinski definition) is 2. The normalized spacial score (nSPS) is 10.8. The van der Waals surface area contributed by atoms with E-state index in [9.17, 15) is 4.79 Å². The second-order valence-corrected chi connectivity index (χ2v) is 5.02. The molecule has 3 N–H and O–H groups in total. The number of imidazole rings is 1. The van der Waals surface area contributed by atoms with Gasteiger partial charge in [0.25, 0.3) is 0 Å². The van der Waals surface area contributed by atoms with E-state index in [-0.39, 0.29) is 12.5 Å². The maximum absolute atomic E-state index is 11.4. The average Bonchev–Trinajstić information content (AvgIpc) is 2.93. The second-order valence-electron chi connectivity index (χ2n) is 5.02. The number of carbonyl (C=O) groups excluding carboxylic acids is 1. The van der Waals surface area contributed by atoms with Crippen molar-refractivity contribution in [3.8, 4) is 11.3 Å². The van der Waals surface area contributed by atoms with Crippen LogP contribution in [0.3, 0.4) is 0 Å². The molecule has 2 aromatic heterocycles. The van der Waals surface area contributed by atoms with Gasteiger partial charge in [0, 0.05) is 11.8 Å². The van der Waals surface area contributed by atoms with Gasteiger partial charge in [-0.2, -0.15) is 0 Å². The number of aromatic nitrogens is 2. The monoisotopic (exact) mass is 294 g/mol. The van der Waals surface area contributed by atoms with Gasteiger partial charge in [-0.15, -0.1) is 0 Å². The first-order chi connectivity index (χ1) is 10.7. The summed E-state index contributed by atoms with van der Waals surface area (Å²) in [4.78, 5) is 16.2. The molecule has 0 aliphatic carbocycles. The number of amides is 1. The lowest BCUT2D eigenvalue weighted by Crippen LogP contribution is -2.21. The Morgan fingerprint density at radius 3 is 2.68 bits per heavy atom. The van der Waals surface area contributed by atoms with Crippen LogP contribution in [0.1, 0.15) is 12.6 Å². The van der Waals surface area contributed by atoms with Crippen molar-refractivity contribution in [2.75, 3.05) is 11.9 Å². The molecule has 1 aromatic carbocycles. The van der Waals surface area contributed by atoms with E-state index in [1.807, 2.05) is 40.9 Å². The molecule has 0 bridgehead atoms. The van der Waals surface area contributed by atoms with Crippen molar-refractivity contribution in [2.24, 2.45) is 5.73 Å². The number of fused-ring (bicyclic) bond motifs is 1. The minimum atomic E-state index is -0.208. The number of pyridine rings is 1. The molecule has 0 fully saturated rings. The summed E-state index contributed by atoms with van der Waals surface area (Å²) < 4.78 is 2.02. The molecular formula is C17H18N4O. The van der Waals surface area contributed by atoms with Crippen LogP contribution in [0.5, 0.6) is 0 Å². The molecule has 0 radical (unpaired) electrons. The zero-order valence-electron chi connectivity index (χ0n) is 12.4. The molecule has 0 aliphatic heterocycles. The highest BCUT2D eigenvalue weighted by molar-refractivity contribution is 5.92. The third-order valence-corrected chi connectivity index (χ3v) is 3.57. The SMILES string of the molecule is CCc1c(-c2ccccc2)nc2ccc(NC(=O)CN)cn12. The fraction of sp³-hybridized carbons (Fsp3) is 0.176. The summed E-state index contributed by atoms with van der Waals surface area (Å²) in [6.45, 7) is 2.07. The Kier molecular flexibility index (Phi) is 3.89. The Hall–Kier alpha value is -2.66. The summed E-state index contributed by atoms with van der Waals surface area (Å²) in [6.07, 6.45) is 2.74. The van der Waals surface area contributed by atoms with Crippen molar-refractivity contribution in [2.45, 2.75) is 13.3 Å². The summed E-state index contributed by atoms with van der Waals surface area (Å²) in [6, 6.07) is 13.8. The predicted molar refractivity (Wildman–Crippen MR) is 87.7 cm³/mol. The predicted octanol–water partition coefficient (Wildman–Crippen LogP) is 2.46. The van der Waals surface area contributed by atoms with Crippen molar-refractivity contribution in [3.63, 3.8) is 0 Å². The van der Waals surface area contributed by atoms with E-state index in [2.05, 4.69) is 24.4 Å². The van der Waals surface area contributed by atoms with Gasteiger partial charge >= 0.3 is 0 Å². The summed E-state index contributed by atoms with van der Waals surface area (Å²) in [7, 11) is 0. The summed E-state index contributed by atoms with van der Waals surface area (Å²) >= 11 is 0. The Balaban J connectivity index is 2.11. The molecule has 0 unspecified atom stereocenters. The van der Waals surface area contributed by atoms with Crippen LogP contribution in [0.4, 0.5) is 5.69 Å². The van der Waals surface area contributed by atoms with Gasteiger partial charge in [0.05, 0.1) is 23.6 Å². The highest BCUT2D eigenvalue weighted by Crippen LogP contribution is 2.25. The van der Waals surface area contributed by atoms with E-state index in [1.165, 1.54) is 0 Å². The molecule has 0 spiro atoms. The number of rotatable bonds is 4. The van der Waals surface area contributed by atoms with Gasteiger partial charge in [0.2, 0.25) is 5.91 Å². The molecule has 0 saturated carbocycles. The molecule has 5 heteroatoms. The molecule has 3 aromatic rings. The molecule has 2 heterocycles. The van der Waals surface area contributed by atoms with Gasteiger partial charge in [0.15, 0.2) is 0 Å². The van der Waals surface area contributed by atoms with Crippen molar-refractivity contribution >= 4 is 17.2 Å². The Morgan fingerprint density at radius 1 is 1.23 bits per heavy atom. The van der Waals surface area contributed by atoms with Crippen molar-refractivity contribution in [1.82, 2.24) is 9.38 Å². The van der Waals surface area contributed by atoms with Crippen LogP contribution in [0.2, 0.25) is 0 Å². The molecule has 22 heavy (non-hydrogen) atoms. The van der Waals surface area contributed by atoms with E-state index in [4.69, 9.17) is 10.7 Å². The molecule has 1 amide bonds. The second kappa shape index (κ2) is 5.99. The number of anilines is 1. The van der Waals surface area contributed by atoms with Crippen LogP contribution in [0.25, 0.3) is 16.9 Å². The maximum atomic E-state index is 11.4.